The summed E-state index contributed by atoms with van der Waals surface area (Å²) in [4.78, 5) is 18.6. The standard InChI is InChI=1S/C14H25N5O2/c1-4-9(3)12(15)14(20)19-6-7-21-10(8-19)13-16-11(5-2)17-18-13/h9-10,12H,4-8,15H2,1-3H3,(H,16,17,18). The molecule has 2 rings (SSSR count). The van der Waals surface area contributed by atoms with Gasteiger partial charge in [-0.15, -0.1) is 0 Å². The summed E-state index contributed by atoms with van der Waals surface area (Å²) in [7, 11) is 0. The van der Waals surface area contributed by atoms with Crippen LogP contribution in [0.3, 0.4) is 0 Å². The molecule has 7 heteroatoms. The maximum absolute atomic E-state index is 12.4. The average Bonchev–Trinajstić information content (AvgIpc) is 3.02. The van der Waals surface area contributed by atoms with Gasteiger partial charge in [-0.2, -0.15) is 5.10 Å². The van der Waals surface area contributed by atoms with E-state index in [1.54, 1.807) is 4.90 Å². The molecule has 0 aromatic carbocycles. The molecule has 0 spiro atoms. The van der Waals surface area contributed by atoms with E-state index < -0.39 is 6.04 Å². The molecule has 1 aromatic heterocycles. The Balaban J connectivity index is 2.01. The van der Waals surface area contributed by atoms with Gasteiger partial charge in [-0.05, 0) is 5.92 Å². The molecule has 21 heavy (non-hydrogen) atoms. The molecule has 0 radical (unpaired) electrons. The average molecular weight is 295 g/mol. The molecule has 3 N–H and O–H groups in total. The van der Waals surface area contributed by atoms with Gasteiger partial charge in [0.2, 0.25) is 5.91 Å². The normalized spacial score (nSPS) is 22.1. The van der Waals surface area contributed by atoms with E-state index in [0.717, 1.165) is 18.7 Å². The molecule has 1 amide bonds. The fourth-order valence-corrected chi connectivity index (χ4v) is 2.33. The molecule has 1 aromatic rings. The number of aromatic nitrogens is 3. The molecular weight excluding hydrogens is 270 g/mol. The quantitative estimate of drug-likeness (QED) is 0.831. The lowest BCUT2D eigenvalue weighted by Gasteiger charge is -2.34. The van der Waals surface area contributed by atoms with E-state index >= 15 is 0 Å². The van der Waals surface area contributed by atoms with Crippen LogP contribution >= 0.6 is 0 Å². The molecule has 3 unspecified atom stereocenters. The number of nitrogens with zero attached hydrogens (tertiary/aromatic N) is 3. The highest BCUT2D eigenvalue weighted by Crippen LogP contribution is 2.20. The summed E-state index contributed by atoms with van der Waals surface area (Å²) in [6, 6.07) is -0.452. The third kappa shape index (κ3) is 3.59. The second-order valence-corrected chi connectivity index (χ2v) is 5.55. The van der Waals surface area contributed by atoms with Crippen molar-refractivity contribution in [3.8, 4) is 0 Å². The molecular formula is C14H25N5O2. The number of aromatic amines is 1. The maximum Gasteiger partial charge on any atom is 0.239 e. The van der Waals surface area contributed by atoms with Crippen LogP contribution in [0.25, 0.3) is 0 Å². The Hall–Kier alpha value is -1.47. The van der Waals surface area contributed by atoms with E-state index in [2.05, 4.69) is 15.2 Å². The van der Waals surface area contributed by atoms with Crippen LogP contribution < -0.4 is 5.73 Å². The zero-order chi connectivity index (χ0) is 15.4. The van der Waals surface area contributed by atoms with Crippen molar-refractivity contribution in [2.24, 2.45) is 11.7 Å². The van der Waals surface area contributed by atoms with Crippen molar-refractivity contribution in [3.63, 3.8) is 0 Å². The van der Waals surface area contributed by atoms with Crippen LogP contribution in [0.15, 0.2) is 0 Å². The van der Waals surface area contributed by atoms with Gasteiger partial charge in [-0.3, -0.25) is 9.89 Å². The number of carbonyl (C=O) groups is 1. The predicted molar refractivity (Wildman–Crippen MR) is 78.5 cm³/mol. The van der Waals surface area contributed by atoms with Crippen LogP contribution in [-0.2, 0) is 16.0 Å². The lowest BCUT2D eigenvalue weighted by atomic mass is 9.98. The van der Waals surface area contributed by atoms with Gasteiger partial charge in [0.25, 0.3) is 0 Å². The highest BCUT2D eigenvalue weighted by molar-refractivity contribution is 5.82. The van der Waals surface area contributed by atoms with Crippen LogP contribution in [0.2, 0.25) is 0 Å². The predicted octanol–water partition coefficient (Wildman–Crippen LogP) is 0.640. The second kappa shape index (κ2) is 7.00. The first-order valence-corrected chi connectivity index (χ1v) is 7.63. The number of hydrogen-bond acceptors (Lipinski definition) is 5. The van der Waals surface area contributed by atoms with E-state index in [-0.39, 0.29) is 17.9 Å². The summed E-state index contributed by atoms with van der Waals surface area (Å²) < 4.78 is 5.69. The Morgan fingerprint density at radius 1 is 1.57 bits per heavy atom. The van der Waals surface area contributed by atoms with Gasteiger partial charge in [0, 0.05) is 13.0 Å². The molecule has 0 saturated carbocycles. The van der Waals surface area contributed by atoms with Crippen LogP contribution in [0, 0.1) is 5.92 Å². The Morgan fingerprint density at radius 2 is 2.33 bits per heavy atom. The fraction of sp³-hybridized carbons (Fsp3) is 0.786. The summed E-state index contributed by atoms with van der Waals surface area (Å²) in [6.45, 7) is 7.57. The first-order valence-electron chi connectivity index (χ1n) is 7.63. The smallest absolute Gasteiger partial charge is 0.239 e. The van der Waals surface area contributed by atoms with E-state index in [9.17, 15) is 4.79 Å². The Kier molecular flexibility index (Phi) is 5.30. The van der Waals surface area contributed by atoms with Gasteiger partial charge in [0.1, 0.15) is 11.9 Å². The van der Waals surface area contributed by atoms with Gasteiger partial charge < -0.3 is 15.4 Å². The summed E-state index contributed by atoms with van der Waals surface area (Å²) in [5, 5.41) is 7.05. The third-order valence-electron chi connectivity index (χ3n) is 4.09. The molecule has 0 bridgehead atoms. The lowest BCUT2D eigenvalue weighted by molar-refractivity contribution is -0.141. The first-order chi connectivity index (χ1) is 10.1. The SMILES string of the molecule is CCc1nc(C2CN(C(=O)C(N)C(C)CC)CCO2)n[nH]1. The molecule has 1 fully saturated rings. The topological polar surface area (TPSA) is 97.1 Å². The molecule has 118 valence electrons. The highest BCUT2D eigenvalue weighted by atomic mass is 16.5. The zero-order valence-electron chi connectivity index (χ0n) is 13.0. The van der Waals surface area contributed by atoms with Crippen molar-refractivity contribution >= 4 is 5.91 Å². The van der Waals surface area contributed by atoms with Crippen LogP contribution in [0.1, 0.15) is 44.9 Å². The van der Waals surface area contributed by atoms with Crippen LogP contribution in [0.5, 0.6) is 0 Å². The van der Waals surface area contributed by atoms with E-state index in [4.69, 9.17) is 10.5 Å². The summed E-state index contributed by atoms with van der Waals surface area (Å²) in [6.07, 6.45) is 1.41. The molecule has 2 heterocycles. The number of amides is 1. The molecule has 0 aliphatic carbocycles. The van der Waals surface area contributed by atoms with Crippen molar-refractivity contribution in [2.75, 3.05) is 19.7 Å². The molecule has 7 nitrogen and oxygen atoms in total. The number of nitrogens with one attached hydrogen (secondary N) is 1. The van der Waals surface area contributed by atoms with E-state index in [1.165, 1.54) is 0 Å². The third-order valence-corrected chi connectivity index (χ3v) is 4.09. The number of rotatable bonds is 5. The van der Waals surface area contributed by atoms with Crippen LogP contribution in [-0.4, -0.2) is 51.7 Å². The molecule has 3 atom stereocenters. The van der Waals surface area contributed by atoms with Crippen molar-refractivity contribution in [2.45, 2.75) is 45.8 Å². The van der Waals surface area contributed by atoms with Gasteiger partial charge in [-0.25, -0.2) is 4.98 Å². The van der Waals surface area contributed by atoms with Crippen molar-refractivity contribution in [1.29, 1.82) is 0 Å². The summed E-state index contributed by atoms with van der Waals surface area (Å²) in [5.41, 5.74) is 6.04. The molecule has 1 aliphatic rings. The Morgan fingerprint density at radius 3 is 2.95 bits per heavy atom. The van der Waals surface area contributed by atoms with E-state index in [1.807, 2.05) is 20.8 Å². The van der Waals surface area contributed by atoms with Crippen molar-refractivity contribution in [3.05, 3.63) is 11.6 Å². The second-order valence-electron chi connectivity index (χ2n) is 5.55. The minimum Gasteiger partial charge on any atom is -0.366 e. The van der Waals surface area contributed by atoms with Crippen LogP contribution in [0.4, 0.5) is 0 Å². The number of aryl methyl sites for hydroxylation is 1. The minimum absolute atomic E-state index is 0.0103. The van der Waals surface area contributed by atoms with Crippen molar-refractivity contribution in [1.82, 2.24) is 20.1 Å². The van der Waals surface area contributed by atoms with Gasteiger partial charge >= 0.3 is 0 Å². The number of ether oxygens (including phenoxy) is 1. The van der Waals surface area contributed by atoms with Crippen molar-refractivity contribution < 1.29 is 9.53 Å². The van der Waals surface area contributed by atoms with E-state index in [0.29, 0.717) is 25.5 Å². The Labute approximate surface area is 125 Å². The lowest BCUT2D eigenvalue weighted by Crippen LogP contribution is -2.51. The summed E-state index contributed by atoms with van der Waals surface area (Å²) >= 11 is 0. The highest BCUT2D eigenvalue weighted by Gasteiger charge is 2.31. The monoisotopic (exact) mass is 295 g/mol. The first kappa shape index (κ1) is 15.9. The number of morpholine rings is 1. The zero-order valence-corrected chi connectivity index (χ0v) is 13.0. The number of hydrogen-bond donors (Lipinski definition) is 2. The maximum atomic E-state index is 12.4. The number of nitrogens with two attached hydrogens (primary N) is 1. The number of H-pyrrole nitrogens is 1. The molecule has 1 saturated heterocycles. The Bertz CT molecular complexity index is 476. The fourth-order valence-electron chi connectivity index (χ4n) is 2.33. The minimum atomic E-state index is -0.452. The van der Waals surface area contributed by atoms with Gasteiger partial charge in [0.05, 0.1) is 19.2 Å². The largest absolute Gasteiger partial charge is 0.366 e. The number of carbonyl (C=O) groups excluding carboxylic acids is 1. The molecule has 1 aliphatic heterocycles. The van der Waals surface area contributed by atoms with Gasteiger partial charge in [0.15, 0.2) is 5.82 Å². The van der Waals surface area contributed by atoms with Gasteiger partial charge in [-0.1, -0.05) is 27.2 Å². The summed E-state index contributed by atoms with van der Waals surface area (Å²) in [5.74, 6) is 1.60.